The molecule has 0 radical (unpaired) electrons. The van der Waals surface area contributed by atoms with Crippen LogP contribution in [0.25, 0.3) is 0 Å². The molecule has 6 aromatic carbocycles. The predicted molar refractivity (Wildman–Crippen MR) is 279 cm³/mol. The van der Waals surface area contributed by atoms with Gasteiger partial charge in [-0.05, 0) is 46.6 Å². The molecule has 1 N–H and O–H groups in total. The van der Waals surface area contributed by atoms with E-state index in [4.69, 9.17) is 47.4 Å². The molecule has 0 aromatic heterocycles. The largest absolute Gasteiger partial charge is 0.463 e. The third-order valence-electron chi connectivity index (χ3n) is 12.5. The summed E-state index contributed by atoms with van der Waals surface area (Å²) in [5.74, 6) is -2.76. The number of methoxy groups -OCH3 is 1. The van der Waals surface area contributed by atoms with Crippen molar-refractivity contribution in [2.24, 2.45) is 0 Å². The van der Waals surface area contributed by atoms with E-state index in [1.807, 2.05) is 164 Å². The molecule has 2 aliphatic heterocycles. The molecule has 15 nitrogen and oxygen atoms in total. The van der Waals surface area contributed by atoms with Crippen LogP contribution in [0.4, 0.5) is 0 Å². The molecule has 0 saturated carbocycles. The third kappa shape index (κ3) is 14.8. The van der Waals surface area contributed by atoms with Gasteiger partial charge in [0.05, 0.1) is 26.4 Å². The summed E-state index contributed by atoms with van der Waals surface area (Å²) in [6.07, 6.45) is -10.9. The van der Waals surface area contributed by atoms with Gasteiger partial charge in [0.2, 0.25) is 0 Å². The summed E-state index contributed by atoms with van der Waals surface area (Å²) < 4.78 is 64.2. The van der Waals surface area contributed by atoms with Crippen LogP contribution < -0.4 is 21.2 Å². The molecule has 0 unspecified atom stereocenters. The van der Waals surface area contributed by atoms with Crippen LogP contribution in [0.3, 0.4) is 0 Å². The number of nitrogens with one attached hydrogen (secondary N) is 1. The molecule has 392 valence electrons. The summed E-state index contributed by atoms with van der Waals surface area (Å²) in [6, 6.07) is 54.5. The van der Waals surface area contributed by atoms with Crippen molar-refractivity contribution in [3.63, 3.8) is 0 Å². The number of carbonyl (C=O) groups excluding carboxylic acids is 4. The molecule has 0 bridgehead atoms. The maximum atomic E-state index is 15.4. The molecule has 2 heterocycles. The Hall–Kier alpha value is -6.65. The molecular weight excluding hydrogens is 978 g/mol. The quantitative estimate of drug-likeness (QED) is 0.0426. The summed E-state index contributed by atoms with van der Waals surface area (Å²) in [6.45, 7) is 3.53. The summed E-state index contributed by atoms with van der Waals surface area (Å²) in [7, 11) is 0.207. The van der Waals surface area contributed by atoms with Crippen molar-refractivity contribution in [1.82, 2.24) is 5.32 Å². The first-order valence-electron chi connectivity index (χ1n) is 24.8. The van der Waals surface area contributed by atoms with E-state index in [-0.39, 0.29) is 26.4 Å². The number of hydrogen-bond acceptors (Lipinski definition) is 14. The molecule has 2 fully saturated rings. The first-order chi connectivity index (χ1) is 36.6. The maximum absolute atomic E-state index is 15.4. The predicted octanol–water partition coefficient (Wildman–Crippen LogP) is 6.84. The second kappa shape index (κ2) is 27.2. The van der Waals surface area contributed by atoms with E-state index in [2.05, 4.69) is 5.32 Å². The maximum Gasteiger partial charge on any atom is 0.303 e. The van der Waals surface area contributed by atoms with Crippen molar-refractivity contribution >= 4 is 47.7 Å². The molecule has 1 amide bonds. The second-order valence-electron chi connectivity index (χ2n) is 17.9. The zero-order valence-electron chi connectivity index (χ0n) is 42.2. The second-order valence-corrected chi connectivity index (χ2v) is 20.1. The topological polar surface area (TPSA) is 173 Å². The number of benzene rings is 6. The highest BCUT2D eigenvalue weighted by atomic mass is 31.1. The van der Waals surface area contributed by atoms with Crippen molar-refractivity contribution in [2.75, 3.05) is 20.3 Å². The first-order valence-corrected chi connectivity index (χ1v) is 26.1. The van der Waals surface area contributed by atoms with Crippen LogP contribution in [-0.2, 0) is 81.6 Å². The smallest absolute Gasteiger partial charge is 0.303 e. The highest BCUT2D eigenvalue weighted by Crippen LogP contribution is 2.37. The summed E-state index contributed by atoms with van der Waals surface area (Å²) in [5.41, 5.74) is 2.94. The fourth-order valence-electron chi connectivity index (χ4n) is 9.13. The molecule has 75 heavy (non-hydrogen) atoms. The van der Waals surface area contributed by atoms with E-state index in [1.165, 1.54) is 27.9 Å². The van der Waals surface area contributed by atoms with Crippen molar-refractivity contribution in [3.05, 3.63) is 198 Å². The van der Waals surface area contributed by atoms with Gasteiger partial charge in [-0.25, -0.2) is 0 Å². The van der Waals surface area contributed by atoms with E-state index in [0.717, 1.165) is 32.6 Å². The van der Waals surface area contributed by atoms with E-state index in [0.29, 0.717) is 5.56 Å². The van der Waals surface area contributed by atoms with Gasteiger partial charge < -0.3 is 52.7 Å². The van der Waals surface area contributed by atoms with Gasteiger partial charge in [0.15, 0.2) is 24.8 Å². The van der Waals surface area contributed by atoms with Crippen LogP contribution in [0.15, 0.2) is 176 Å². The number of hydrogen-bond donors (Lipinski definition) is 1. The van der Waals surface area contributed by atoms with Gasteiger partial charge in [-0.1, -0.05) is 170 Å². The van der Waals surface area contributed by atoms with Crippen LogP contribution in [-0.4, -0.2) is 105 Å². The lowest BCUT2D eigenvalue weighted by Gasteiger charge is -2.49. The van der Waals surface area contributed by atoms with Crippen LogP contribution in [0.1, 0.15) is 47.8 Å². The molecule has 0 aliphatic carbocycles. The lowest BCUT2D eigenvalue weighted by atomic mass is 9.94. The third-order valence-corrected chi connectivity index (χ3v) is 15.0. The van der Waals surface area contributed by atoms with Crippen LogP contribution in [0.5, 0.6) is 0 Å². The monoisotopic (exact) mass is 1040 g/mol. The molecule has 2 saturated heterocycles. The molecule has 2 aliphatic rings. The minimum absolute atomic E-state index is 0.0595. The first kappa shape index (κ1) is 54.6. The summed E-state index contributed by atoms with van der Waals surface area (Å²) in [5, 5.41) is 5.86. The molecule has 0 spiro atoms. The molecule has 16 heteroatoms. The van der Waals surface area contributed by atoms with E-state index in [9.17, 15) is 14.4 Å². The Kier molecular flexibility index (Phi) is 19.8. The van der Waals surface area contributed by atoms with E-state index >= 15 is 4.79 Å². The fraction of sp³-hybridized carbons (Fsp3) is 0.322. The average Bonchev–Trinajstić information content (AvgIpc) is 3.43. The number of esters is 3. The molecular formula is C59H62NO14P. The Morgan fingerprint density at radius 3 is 1.49 bits per heavy atom. The van der Waals surface area contributed by atoms with Crippen molar-refractivity contribution in [3.8, 4) is 0 Å². The van der Waals surface area contributed by atoms with Gasteiger partial charge >= 0.3 is 17.9 Å². The zero-order chi connectivity index (χ0) is 52.5. The molecule has 6 aromatic rings. The van der Waals surface area contributed by atoms with Crippen LogP contribution in [0.2, 0.25) is 0 Å². The van der Waals surface area contributed by atoms with E-state index < -0.39 is 99.7 Å². The Morgan fingerprint density at radius 2 is 0.960 bits per heavy atom. The molecule has 8 rings (SSSR count). The van der Waals surface area contributed by atoms with Gasteiger partial charge in [0, 0.05) is 33.4 Å². The van der Waals surface area contributed by atoms with Gasteiger partial charge in [-0.2, -0.15) is 0 Å². The Bertz CT molecular complexity index is 2700. The number of rotatable bonds is 22. The summed E-state index contributed by atoms with van der Waals surface area (Å²) in [4.78, 5) is 54.1. The van der Waals surface area contributed by atoms with Gasteiger partial charge in [-0.15, -0.1) is 0 Å². The standard InChI is InChI=1S/C59H62NO14P/c1-39(61)67-38-49-52(70-40(2)62)54(71-41(3)63)51(60-57(64)47-32-20-21-33-50(47)75(45-28-16-8-17-29-45)46-30-18-9-19-31-46)58(72-49)74-53-48(37-66-34-42-22-10-5-11-23-42)73-59(65-4)56(69-36-44-26-14-7-15-27-44)55(53)68-35-43-24-12-6-13-25-43/h5-33,48-49,51-56,58-59H,34-38H2,1-4H3,(H,60,64)/t48-,49-,51-,52-,53-,54-,55+,56-,58+,59+/m1/s1. The highest BCUT2D eigenvalue weighted by Gasteiger charge is 2.56. The van der Waals surface area contributed by atoms with Crippen LogP contribution >= 0.6 is 7.92 Å². The van der Waals surface area contributed by atoms with Gasteiger partial charge in [0.1, 0.15) is 43.2 Å². The van der Waals surface area contributed by atoms with E-state index in [1.54, 1.807) is 12.1 Å². The van der Waals surface area contributed by atoms with Crippen molar-refractivity contribution < 1.29 is 66.5 Å². The fourth-order valence-corrected chi connectivity index (χ4v) is 11.6. The Labute approximate surface area is 438 Å². The average molecular weight is 1040 g/mol. The molecule has 10 atom stereocenters. The Morgan fingerprint density at radius 1 is 0.493 bits per heavy atom. The van der Waals surface area contributed by atoms with Crippen molar-refractivity contribution in [1.29, 1.82) is 0 Å². The lowest BCUT2D eigenvalue weighted by Crippen LogP contribution is -2.69. The normalized spacial score (nSPS) is 23.4. The highest BCUT2D eigenvalue weighted by molar-refractivity contribution is 7.80. The minimum Gasteiger partial charge on any atom is -0.463 e. The number of carbonyl (C=O) groups is 4. The van der Waals surface area contributed by atoms with Crippen LogP contribution in [0, 0.1) is 0 Å². The van der Waals surface area contributed by atoms with Crippen molar-refractivity contribution in [2.45, 2.75) is 102 Å². The lowest BCUT2D eigenvalue weighted by molar-refractivity contribution is -0.356. The Balaban J connectivity index is 1.23. The minimum atomic E-state index is -1.57. The van der Waals surface area contributed by atoms with Gasteiger partial charge in [-0.3, -0.25) is 19.2 Å². The van der Waals surface area contributed by atoms with Gasteiger partial charge in [0.25, 0.3) is 5.91 Å². The number of ether oxygens (including phenoxy) is 10. The zero-order valence-corrected chi connectivity index (χ0v) is 43.1. The summed E-state index contributed by atoms with van der Waals surface area (Å²) >= 11 is 0. The number of amides is 1. The SMILES string of the molecule is CO[C@H]1O[C@H](COCc2ccccc2)[C@@H](O[C@@H]2O[C@H](COC(C)=O)[C@@H](OC(C)=O)[C@H](OC(C)=O)[C@H]2NC(=O)c2ccccc2P(c2ccccc2)c2ccccc2)[C@H](OCc2ccccc2)[C@H]1OCc1ccccc1.